The predicted octanol–water partition coefficient (Wildman–Crippen LogP) is 1.15. The van der Waals surface area contributed by atoms with E-state index in [2.05, 4.69) is 9.88 Å². The van der Waals surface area contributed by atoms with E-state index in [-0.39, 0.29) is 5.91 Å². The third-order valence-electron chi connectivity index (χ3n) is 3.68. The molecular formula is C14H19N3O2. The molecule has 0 atom stereocenters. The van der Waals surface area contributed by atoms with Gasteiger partial charge in [0.2, 0.25) is 0 Å². The molecule has 5 nitrogen and oxygen atoms in total. The lowest BCUT2D eigenvalue weighted by Gasteiger charge is -2.28. The Morgan fingerprint density at radius 2 is 1.84 bits per heavy atom. The number of aromatic nitrogens is 1. The molecule has 0 saturated carbocycles. The van der Waals surface area contributed by atoms with Gasteiger partial charge < -0.3 is 14.5 Å². The second-order valence-corrected chi connectivity index (χ2v) is 4.98. The highest BCUT2D eigenvalue weighted by Crippen LogP contribution is 2.16. The van der Waals surface area contributed by atoms with Crippen LogP contribution in [-0.4, -0.2) is 55.2 Å². The van der Waals surface area contributed by atoms with Crippen molar-refractivity contribution in [3.8, 4) is 0 Å². The number of hydrogen-bond acceptors (Lipinski definition) is 4. The molecule has 102 valence electrons. The van der Waals surface area contributed by atoms with E-state index in [0.717, 1.165) is 58.1 Å². The second-order valence-electron chi connectivity index (χ2n) is 4.98. The average Bonchev–Trinajstić information content (AvgIpc) is 3.02. The summed E-state index contributed by atoms with van der Waals surface area (Å²) in [6.07, 6.45) is 2.21. The number of ether oxygens (including phenoxy) is 1. The Morgan fingerprint density at radius 3 is 2.58 bits per heavy atom. The largest absolute Gasteiger partial charge is 0.378 e. The van der Waals surface area contributed by atoms with Gasteiger partial charge in [0, 0.05) is 26.2 Å². The maximum absolute atomic E-state index is 12.3. The van der Waals surface area contributed by atoms with Gasteiger partial charge in [0.05, 0.1) is 13.2 Å². The number of hydrogen-bond donors (Lipinski definition) is 0. The number of pyridine rings is 1. The summed E-state index contributed by atoms with van der Waals surface area (Å²) in [7, 11) is 0. The van der Waals surface area contributed by atoms with Gasteiger partial charge in [-0.3, -0.25) is 4.79 Å². The molecule has 0 bridgehead atoms. The number of carbonyl (C=O) groups excluding carboxylic acids is 1. The van der Waals surface area contributed by atoms with E-state index in [9.17, 15) is 4.79 Å². The van der Waals surface area contributed by atoms with Gasteiger partial charge >= 0.3 is 0 Å². The van der Waals surface area contributed by atoms with Gasteiger partial charge in [-0.05, 0) is 25.0 Å². The first-order chi connectivity index (χ1) is 9.34. The summed E-state index contributed by atoms with van der Waals surface area (Å²) in [5.41, 5.74) is 0.561. The Hall–Kier alpha value is -1.62. The van der Waals surface area contributed by atoms with E-state index < -0.39 is 0 Å². The lowest BCUT2D eigenvalue weighted by molar-refractivity contribution is 0.0787. The number of morpholine rings is 1. The van der Waals surface area contributed by atoms with Crippen molar-refractivity contribution in [3.05, 3.63) is 23.9 Å². The lowest BCUT2D eigenvalue weighted by atomic mass is 10.3. The fraction of sp³-hybridized carbons (Fsp3) is 0.571. The number of likely N-dealkylation sites (tertiary alicyclic amines) is 1. The molecule has 2 fully saturated rings. The Kier molecular flexibility index (Phi) is 3.64. The lowest BCUT2D eigenvalue weighted by Crippen LogP contribution is -2.37. The molecule has 0 radical (unpaired) electrons. The normalized spacial score (nSPS) is 19.8. The molecule has 2 saturated heterocycles. The summed E-state index contributed by atoms with van der Waals surface area (Å²) in [5, 5.41) is 0. The van der Waals surface area contributed by atoms with Crippen LogP contribution in [0.4, 0.5) is 5.82 Å². The van der Waals surface area contributed by atoms with Crippen LogP contribution < -0.4 is 4.90 Å². The van der Waals surface area contributed by atoms with Crippen LogP contribution in [0.1, 0.15) is 23.3 Å². The zero-order valence-corrected chi connectivity index (χ0v) is 11.0. The molecule has 2 aliphatic heterocycles. The van der Waals surface area contributed by atoms with E-state index in [0.29, 0.717) is 5.69 Å². The molecule has 0 N–H and O–H groups in total. The highest BCUT2D eigenvalue weighted by molar-refractivity contribution is 5.92. The quantitative estimate of drug-likeness (QED) is 0.801. The number of rotatable bonds is 2. The molecule has 3 rings (SSSR count). The minimum absolute atomic E-state index is 0.0626. The van der Waals surface area contributed by atoms with Crippen LogP contribution in [0.15, 0.2) is 18.2 Å². The van der Waals surface area contributed by atoms with Gasteiger partial charge in [-0.15, -0.1) is 0 Å². The molecule has 0 aliphatic carbocycles. The van der Waals surface area contributed by atoms with Crippen molar-refractivity contribution >= 4 is 11.7 Å². The van der Waals surface area contributed by atoms with E-state index in [1.165, 1.54) is 0 Å². The maximum atomic E-state index is 12.3. The minimum atomic E-state index is 0.0626. The summed E-state index contributed by atoms with van der Waals surface area (Å²) in [4.78, 5) is 20.9. The van der Waals surface area contributed by atoms with Crippen LogP contribution in [0.3, 0.4) is 0 Å². The molecular weight excluding hydrogens is 242 g/mol. The number of amides is 1. The topological polar surface area (TPSA) is 45.7 Å². The minimum Gasteiger partial charge on any atom is -0.378 e. The maximum Gasteiger partial charge on any atom is 0.272 e. The second kappa shape index (κ2) is 5.57. The van der Waals surface area contributed by atoms with Crippen LogP contribution >= 0.6 is 0 Å². The van der Waals surface area contributed by atoms with Crippen molar-refractivity contribution in [1.29, 1.82) is 0 Å². The Balaban J connectivity index is 1.76. The van der Waals surface area contributed by atoms with Crippen molar-refractivity contribution in [3.63, 3.8) is 0 Å². The van der Waals surface area contributed by atoms with Gasteiger partial charge in [0.15, 0.2) is 0 Å². The zero-order valence-electron chi connectivity index (χ0n) is 11.0. The Morgan fingerprint density at radius 1 is 1.11 bits per heavy atom. The van der Waals surface area contributed by atoms with Crippen LogP contribution in [0.2, 0.25) is 0 Å². The molecule has 2 aliphatic rings. The molecule has 0 aromatic carbocycles. The van der Waals surface area contributed by atoms with Crippen molar-refractivity contribution in [2.24, 2.45) is 0 Å². The molecule has 1 aromatic heterocycles. The summed E-state index contributed by atoms with van der Waals surface area (Å²) in [6.45, 7) is 4.87. The van der Waals surface area contributed by atoms with Crippen molar-refractivity contribution in [2.75, 3.05) is 44.3 Å². The van der Waals surface area contributed by atoms with Gasteiger partial charge in [-0.1, -0.05) is 6.07 Å². The smallest absolute Gasteiger partial charge is 0.272 e. The predicted molar refractivity (Wildman–Crippen MR) is 72.4 cm³/mol. The summed E-state index contributed by atoms with van der Waals surface area (Å²) < 4.78 is 5.34. The van der Waals surface area contributed by atoms with Crippen LogP contribution in [0, 0.1) is 0 Å². The van der Waals surface area contributed by atoms with E-state index in [1.807, 2.05) is 23.1 Å². The first-order valence-corrected chi connectivity index (χ1v) is 6.93. The summed E-state index contributed by atoms with van der Waals surface area (Å²) in [6, 6.07) is 5.69. The van der Waals surface area contributed by atoms with Gasteiger partial charge in [0.1, 0.15) is 11.5 Å². The monoisotopic (exact) mass is 261 g/mol. The first-order valence-electron chi connectivity index (χ1n) is 6.93. The Labute approximate surface area is 113 Å². The van der Waals surface area contributed by atoms with Gasteiger partial charge in [0.25, 0.3) is 5.91 Å². The van der Waals surface area contributed by atoms with Crippen LogP contribution in [0.5, 0.6) is 0 Å². The van der Waals surface area contributed by atoms with Crippen molar-refractivity contribution < 1.29 is 9.53 Å². The molecule has 5 heteroatoms. The van der Waals surface area contributed by atoms with E-state index in [1.54, 1.807) is 0 Å². The highest BCUT2D eigenvalue weighted by Gasteiger charge is 2.21. The first kappa shape index (κ1) is 12.4. The molecule has 3 heterocycles. The summed E-state index contributed by atoms with van der Waals surface area (Å²) in [5.74, 6) is 0.945. The number of carbonyl (C=O) groups is 1. The zero-order chi connectivity index (χ0) is 13.1. The number of nitrogens with zero attached hydrogens (tertiary/aromatic N) is 3. The fourth-order valence-electron chi connectivity index (χ4n) is 2.59. The van der Waals surface area contributed by atoms with Gasteiger partial charge in [-0.25, -0.2) is 4.98 Å². The highest BCUT2D eigenvalue weighted by atomic mass is 16.5. The average molecular weight is 261 g/mol. The fourth-order valence-corrected chi connectivity index (χ4v) is 2.59. The molecule has 19 heavy (non-hydrogen) atoms. The molecule has 1 aromatic rings. The third-order valence-corrected chi connectivity index (χ3v) is 3.68. The van der Waals surface area contributed by atoms with Crippen molar-refractivity contribution in [2.45, 2.75) is 12.8 Å². The molecule has 0 unspecified atom stereocenters. The Bertz CT molecular complexity index is 452. The van der Waals surface area contributed by atoms with Gasteiger partial charge in [-0.2, -0.15) is 0 Å². The van der Waals surface area contributed by atoms with Crippen molar-refractivity contribution in [1.82, 2.24) is 9.88 Å². The van der Waals surface area contributed by atoms with E-state index >= 15 is 0 Å². The number of anilines is 1. The van der Waals surface area contributed by atoms with Crippen LogP contribution in [-0.2, 0) is 4.74 Å². The standard InChI is InChI=1S/C14H19N3O2/c18-14(17-6-1-2-7-17)12-4-3-5-13(15-12)16-8-10-19-11-9-16/h3-5H,1-2,6-11H2. The molecule has 0 spiro atoms. The SMILES string of the molecule is O=C(c1cccc(N2CCOCC2)n1)N1CCCC1. The van der Waals surface area contributed by atoms with E-state index in [4.69, 9.17) is 4.74 Å². The van der Waals surface area contributed by atoms with Crippen LogP contribution in [0.25, 0.3) is 0 Å². The summed E-state index contributed by atoms with van der Waals surface area (Å²) >= 11 is 0. The third kappa shape index (κ3) is 2.71. The molecule has 1 amide bonds.